The summed E-state index contributed by atoms with van der Waals surface area (Å²) in [5, 5.41) is 1.59. The first-order valence-corrected chi connectivity index (χ1v) is 7.02. The summed E-state index contributed by atoms with van der Waals surface area (Å²) in [6.45, 7) is 0. The standard InChI is InChI=1S/C13H6Cl4N2O/c14-7-2-1-6(3-8(7)15)20-12-5-11-10(4-9(12)16)18-13(17)19-11/h1-5H,(H,18,19). The van der Waals surface area contributed by atoms with E-state index in [0.717, 1.165) is 5.52 Å². The molecule has 0 fully saturated rings. The Hall–Kier alpha value is -1.13. The van der Waals surface area contributed by atoms with Gasteiger partial charge in [0.05, 0.1) is 26.1 Å². The highest BCUT2D eigenvalue weighted by Gasteiger charge is 2.10. The van der Waals surface area contributed by atoms with Crippen LogP contribution in [0.4, 0.5) is 0 Å². The van der Waals surface area contributed by atoms with E-state index >= 15 is 0 Å². The Labute approximate surface area is 134 Å². The third kappa shape index (κ3) is 2.67. The highest BCUT2D eigenvalue weighted by molar-refractivity contribution is 6.42. The van der Waals surface area contributed by atoms with Crippen molar-refractivity contribution in [2.45, 2.75) is 0 Å². The fourth-order valence-corrected chi connectivity index (χ4v) is 2.41. The zero-order valence-corrected chi connectivity index (χ0v) is 12.8. The smallest absolute Gasteiger partial charge is 0.201 e. The van der Waals surface area contributed by atoms with Gasteiger partial charge in [0.15, 0.2) is 0 Å². The van der Waals surface area contributed by atoms with Crippen LogP contribution in [0.2, 0.25) is 20.4 Å². The Balaban J connectivity index is 2.00. The van der Waals surface area contributed by atoms with E-state index in [0.29, 0.717) is 37.4 Å². The number of rotatable bonds is 2. The lowest BCUT2D eigenvalue weighted by atomic mass is 10.3. The summed E-state index contributed by atoms with van der Waals surface area (Å²) in [4.78, 5) is 6.99. The van der Waals surface area contributed by atoms with Crippen LogP contribution in [0.25, 0.3) is 11.0 Å². The lowest BCUT2D eigenvalue weighted by Crippen LogP contribution is -1.86. The molecule has 0 spiro atoms. The lowest BCUT2D eigenvalue weighted by molar-refractivity contribution is 0.483. The van der Waals surface area contributed by atoms with Crippen molar-refractivity contribution >= 4 is 57.4 Å². The Bertz CT molecular complexity index is 800. The van der Waals surface area contributed by atoms with E-state index in [4.69, 9.17) is 51.1 Å². The quantitative estimate of drug-likeness (QED) is 0.620. The lowest BCUT2D eigenvalue weighted by Gasteiger charge is -2.08. The van der Waals surface area contributed by atoms with Gasteiger partial charge in [0, 0.05) is 12.1 Å². The second kappa shape index (κ2) is 5.34. The molecule has 3 aromatic rings. The number of nitrogens with zero attached hydrogens (tertiary/aromatic N) is 1. The maximum absolute atomic E-state index is 6.16. The number of nitrogens with one attached hydrogen (secondary N) is 1. The fraction of sp³-hybridized carbons (Fsp3) is 0. The number of imidazole rings is 1. The summed E-state index contributed by atoms with van der Waals surface area (Å²) in [6.07, 6.45) is 0. The minimum absolute atomic E-state index is 0.294. The summed E-state index contributed by atoms with van der Waals surface area (Å²) < 4.78 is 5.69. The van der Waals surface area contributed by atoms with E-state index in [1.54, 1.807) is 30.3 Å². The van der Waals surface area contributed by atoms with Gasteiger partial charge in [-0.1, -0.05) is 34.8 Å². The highest BCUT2D eigenvalue weighted by Crippen LogP contribution is 2.35. The summed E-state index contributed by atoms with van der Waals surface area (Å²) in [5.74, 6) is 0.989. The number of aromatic nitrogens is 2. The number of ether oxygens (including phenoxy) is 1. The van der Waals surface area contributed by atoms with Gasteiger partial charge in [0.1, 0.15) is 11.5 Å². The minimum atomic E-state index is 0.294. The SMILES string of the molecule is Clc1nc2cc(Oc3ccc(Cl)c(Cl)c3)c(Cl)cc2[nH]1. The normalized spacial score (nSPS) is 11.0. The number of aromatic amines is 1. The average Bonchev–Trinajstić information content (AvgIpc) is 2.73. The molecule has 20 heavy (non-hydrogen) atoms. The Kier molecular flexibility index (Phi) is 3.69. The molecule has 0 unspecified atom stereocenters. The van der Waals surface area contributed by atoms with Gasteiger partial charge >= 0.3 is 0 Å². The topological polar surface area (TPSA) is 37.9 Å². The van der Waals surface area contributed by atoms with Gasteiger partial charge in [-0.15, -0.1) is 0 Å². The van der Waals surface area contributed by atoms with Gasteiger partial charge in [0.2, 0.25) is 5.28 Å². The maximum Gasteiger partial charge on any atom is 0.201 e. The van der Waals surface area contributed by atoms with Crippen LogP contribution >= 0.6 is 46.4 Å². The van der Waals surface area contributed by atoms with Crippen LogP contribution in [0.15, 0.2) is 30.3 Å². The molecule has 0 aliphatic rings. The van der Waals surface area contributed by atoms with Crippen molar-refractivity contribution < 1.29 is 4.74 Å². The Morgan fingerprint density at radius 2 is 1.70 bits per heavy atom. The number of fused-ring (bicyclic) bond motifs is 1. The van der Waals surface area contributed by atoms with E-state index in [-0.39, 0.29) is 0 Å². The molecule has 102 valence electrons. The van der Waals surface area contributed by atoms with Crippen molar-refractivity contribution in [3.8, 4) is 11.5 Å². The van der Waals surface area contributed by atoms with Crippen LogP contribution in [0.3, 0.4) is 0 Å². The molecule has 0 atom stereocenters. The number of hydrogen-bond donors (Lipinski definition) is 1. The van der Waals surface area contributed by atoms with E-state index in [2.05, 4.69) is 9.97 Å². The summed E-state index contributed by atoms with van der Waals surface area (Å²) in [7, 11) is 0. The molecule has 0 aliphatic heterocycles. The fourth-order valence-electron chi connectivity index (χ4n) is 1.73. The molecule has 0 saturated heterocycles. The van der Waals surface area contributed by atoms with Crippen LogP contribution in [-0.2, 0) is 0 Å². The zero-order valence-electron chi connectivity index (χ0n) is 9.75. The molecule has 3 nitrogen and oxygen atoms in total. The summed E-state index contributed by atoms with van der Waals surface area (Å²) in [6, 6.07) is 8.36. The molecule has 7 heteroatoms. The van der Waals surface area contributed by atoms with Crippen molar-refractivity contribution in [2.24, 2.45) is 0 Å². The molecule has 1 aromatic heterocycles. The maximum atomic E-state index is 6.16. The molecular formula is C13H6Cl4N2O. The van der Waals surface area contributed by atoms with Gasteiger partial charge in [-0.05, 0) is 29.8 Å². The Morgan fingerprint density at radius 3 is 2.45 bits per heavy atom. The molecule has 1 N–H and O–H groups in total. The van der Waals surface area contributed by atoms with E-state index in [9.17, 15) is 0 Å². The molecule has 3 rings (SSSR count). The van der Waals surface area contributed by atoms with Crippen molar-refractivity contribution in [2.75, 3.05) is 0 Å². The average molecular weight is 348 g/mol. The van der Waals surface area contributed by atoms with Gasteiger partial charge in [-0.2, -0.15) is 0 Å². The second-order valence-electron chi connectivity index (χ2n) is 4.01. The predicted octanol–water partition coefficient (Wildman–Crippen LogP) is 5.97. The van der Waals surface area contributed by atoms with Gasteiger partial charge < -0.3 is 9.72 Å². The number of hydrogen-bond acceptors (Lipinski definition) is 2. The van der Waals surface area contributed by atoms with Crippen molar-refractivity contribution in [1.82, 2.24) is 9.97 Å². The third-order valence-electron chi connectivity index (χ3n) is 2.63. The largest absolute Gasteiger partial charge is 0.456 e. The Morgan fingerprint density at radius 1 is 0.900 bits per heavy atom. The first-order valence-electron chi connectivity index (χ1n) is 5.50. The van der Waals surface area contributed by atoms with Crippen molar-refractivity contribution in [3.05, 3.63) is 50.7 Å². The third-order valence-corrected chi connectivity index (χ3v) is 3.84. The molecule has 0 amide bonds. The van der Waals surface area contributed by atoms with Crippen LogP contribution in [-0.4, -0.2) is 9.97 Å². The van der Waals surface area contributed by atoms with Gasteiger partial charge in [0.25, 0.3) is 0 Å². The van der Waals surface area contributed by atoms with E-state index < -0.39 is 0 Å². The van der Waals surface area contributed by atoms with Crippen LogP contribution in [0, 0.1) is 0 Å². The molecule has 0 saturated carbocycles. The molecule has 0 aliphatic carbocycles. The van der Waals surface area contributed by atoms with Crippen molar-refractivity contribution in [1.29, 1.82) is 0 Å². The van der Waals surface area contributed by atoms with Gasteiger partial charge in [-0.25, -0.2) is 4.98 Å². The zero-order chi connectivity index (χ0) is 14.3. The minimum Gasteiger partial charge on any atom is -0.456 e. The molecule has 1 heterocycles. The first-order chi connectivity index (χ1) is 9.52. The van der Waals surface area contributed by atoms with Crippen molar-refractivity contribution in [3.63, 3.8) is 0 Å². The monoisotopic (exact) mass is 346 g/mol. The van der Waals surface area contributed by atoms with Crippen LogP contribution in [0.1, 0.15) is 0 Å². The molecular weight excluding hydrogens is 342 g/mol. The highest BCUT2D eigenvalue weighted by atomic mass is 35.5. The summed E-state index contributed by atoms with van der Waals surface area (Å²) >= 11 is 23.8. The number of H-pyrrole nitrogens is 1. The van der Waals surface area contributed by atoms with E-state index in [1.165, 1.54) is 0 Å². The molecule has 0 radical (unpaired) electrons. The number of benzene rings is 2. The van der Waals surface area contributed by atoms with Crippen LogP contribution < -0.4 is 4.74 Å². The van der Waals surface area contributed by atoms with Crippen LogP contribution in [0.5, 0.6) is 11.5 Å². The summed E-state index contributed by atoms with van der Waals surface area (Å²) in [5.41, 5.74) is 1.40. The first kappa shape index (κ1) is 13.8. The van der Waals surface area contributed by atoms with E-state index in [1.807, 2.05) is 0 Å². The molecule has 0 bridgehead atoms. The van der Waals surface area contributed by atoms with Gasteiger partial charge in [-0.3, -0.25) is 0 Å². The predicted molar refractivity (Wildman–Crippen MR) is 82.6 cm³/mol. The second-order valence-corrected chi connectivity index (χ2v) is 5.58. The molecule has 2 aromatic carbocycles. The number of halogens is 4.